The molecule has 0 aliphatic carbocycles. The first kappa shape index (κ1) is 16.1. The normalized spacial score (nSPS) is 20.8. The SMILES string of the molecule is CC1CC(C=Cc2cc3ccc(CCC#N)cc3[nH]2)N(C(=O)O)C1. The fourth-order valence-corrected chi connectivity index (χ4v) is 3.34. The summed E-state index contributed by atoms with van der Waals surface area (Å²) < 4.78 is 0. The van der Waals surface area contributed by atoms with Gasteiger partial charge in [0.1, 0.15) is 0 Å². The minimum Gasteiger partial charge on any atom is -0.465 e. The van der Waals surface area contributed by atoms with Crippen molar-refractivity contribution in [3.05, 3.63) is 41.6 Å². The maximum absolute atomic E-state index is 11.3. The summed E-state index contributed by atoms with van der Waals surface area (Å²) >= 11 is 0. The van der Waals surface area contributed by atoms with Crippen LogP contribution in [0, 0.1) is 17.2 Å². The number of carbonyl (C=O) groups is 1. The highest BCUT2D eigenvalue weighted by Crippen LogP contribution is 2.25. The second kappa shape index (κ2) is 6.79. The molecule has 1 aliphatic rings. The predicted octanol–water partition coefficient (Wildman–Crippen LogP) is 4.03. The van der Waals surface area contributed by atoms with Gasteiger partial charge in [-0.15, -0.1) is 0 Å². The van der Waals surface area contributed by atoms with Gasteiger partial charge in [-0.3, -0.25) is 0 Å². The summed E-state index contributed by atoms with van der Waals surface area (Å²) in [5, 5.41) is 19.1. The van der Waals surface area contributed by atoms with Gasteiger partial charge in [-0.1, -0.05) is 25.1 Å². The van der Waals surface area contributed by atoms with E-state index in [2.05, 4.69) is 36.2 Å². The molecule has 1 aliphatic heterocycles. The van der Waals surface area contributed by atoms with E-state index in [1.807, 2.05) is 18.2 Å². The van der Waals surface area contributed by atoms with Gasteiger partial charge in [-0.2, -0.15) is 5.26 Å². The molecule has 0 bridgehead atoms. The van der Waals surface area contributed by atoms with Crippen LogP contribution in [0.4, 0.5) is 4.79 Å². The Kier molecular flexibility index (Phi) is 4.57. The van der Waals surface area contributed by atoms with Crippen LogP contribution in [0.5, 0.6) is 0 Å². The number of carboxylic acid groups (broad SMARTS) is 1. The molecule has 2 N–H and O–H groups in total. The maximum Gasteiger partial charge on any atom is 0.407 e. The average molecular weight is 323 g/mol. The Morgan fingerprint density at radius 3 is 3.08 bits per heavy atom. The first-order valence-electron chi connectivity index (χ1n) is 8.23. The molecule has 5 heteroatoms. The fourth-order valence-electron chi connectivity index (χ4n) is 3.34. The molecule has 2 heterocycles. The summed E-state index contributed by atoms with van der Waals surface area (Å²) in [6.07, 6.45) is 5.22. The van der Waals surface area contributed by atoms with Crippen LogP contribution in [0.25, 0.3) is 17.0 Å². The molecule has 3 rings (SSSR count). The summed E-state index contributed by atoms with van der Waals surface area (Å²) in [5.41, 5.74) is 3.15. The Labute approximate surface area is 141 Å². The molecule has 1 aromatic heterocycles. The molecule has 5 nitrogen and oxygen atoms in total. The number of hydrogen-bond donors (Lipinski definition) is 2. The van der Waals surface area contributed by atoms with Crippen molar-refractivity contribution < 1.29 is 9.90 Å². The van der Waals surface area contributed by atoms with Crippen LogP contribution in [-0.2, 0) is 6.42 Å². The molecule has 2 aromatic rings. The lowest BCUT2D eigenvalue weighted by Gasteiger charge is -2.17. The number of hydrogen-bond acceptors (Lipinski definition) is 2. The number of benzene rings is 1. The topological polar surface area (TPSA) is 80.1 Å². The molecule has 0 radical (unpaired) electrons. The smallest absolute Gasteiger partial charge is 0.407 e. The van der Waals surface area contributed by atoms with Crippen molar-refractivity contribution in [3.8, 4) is 6.07 Å². The van der Waals surface area contributed by atoms with Crippen LogP contribution < -0.4 is 0 Å². The largest absolute Gasteiger partial charge is 0.465 e. The predicted molar refractivity (Wildman–Crippen MR) is 93.6 cm³/mol. The van der Waals surface area contributed by atoms with Crippen LogP contribution in [-0.4, -0.2) is 33.7 Å². The van der Waals surface area contributed by atoms with Gasteiger partial charge in [0, 0.05) is 24.2 Å². The number of rotatable bonds is 4. The van der Waals surface area contributed by atoms with Crippen LogP contribution in [0.2, 0.25) is 0 Å². The number of aromatic nitrogens is 1. The van der Waals surface area contributed by atoms with E-state index in [-0.39, 0.29) is 6.04 Å². The quantitative estimate of drug-likeness (QED) is 0.891. The first-order valence-corrected chi connectivity index (χ1v) is 8.23. The van der Waals surface area contributed by atoms with Gasteiger partial charge in [0.05, 0.1) is 12.1 Å². The Balaban J connectivity index is 1.77. The summed E-state index contributed by atoms with van der Waals surface area (Å²) in [4.78, 5) is 16.2. The van der Waals surface area contributed by atoms with Crippen molar-refractivity contribution in [1.29, 1.82) is 5.26 Å². The molecule has 1 saturated heterocycles. The van der Waals surface area contributed by atoms with Crippen molar-refractivity contribution in [2.45, 2.75) is 32.2 Å². The number of fused-ring (bicyclic) bond motifs is 1. The van der Waals surface area contributed by atoms with E-state index in [0.29, 0.717) is 18.9 Å². The maximum atomic E-state index is 11.3. The zero-order valence-corrected chi connectivity index (χ0v) is 13.7. The molecule has 0 saturated carbocycles. The molecule has 2 atom stereocenters. The lowest BCUT2D eigenvalue weighted by atomic mass is 10.1. The molecular formula is C19H21N3O2. The van der Waals surface area contributed by atoms with Crippen LogP contribution in [0.15, 0.2) is 30.3 Å². The minimum absolute atomic E-state index is 0.0601. The highest BCUT2D eigenvalue weighted by Gasteiger charge is 2.31. The van der Waals surface area contributed by atoms with E-state index in [4.69, 9.17) is 5.26 Å². The zero-order chi connectivity index (χ0) is 17.1. The van der Waals surface area contributed by atoms with Crippen LogP contribution in [0.1, 0.15) is 31.0 Å². The van der Waals surface area contributed by atoms with E-state index >= 15 is 0 Å². The third kappa shape index (κ3) is 3.43. The molecule has 1 aromatic carbocycles. The van der Waals surface area contributed by atoms with Gasteiger partial charge in [-0.05, 0) is 47.9 Å². The highest BCUT2D eigenvalue weighted by atomic mass is 16.4. The van der Waals surface area contributed by atoms with Gasteiger partial charge in [0.2, 0.25) is 0 Å². The third-order valence-corrected chi connectivity index (χ3v) is 4.53. The van der Waals surface area contributed by atoms with Crippen molar-refractivity contribution in [2.75, 3.05) is 6.54 Å². The monoisotopic (exact) mass is 323 g/mol. The number of aromatic amines is 1. The lowest BCUT2D eigenvalue weighted by Crippen LogP contribution is -2.33. The van der Waals surface area contributed by atoms with Gasteiger partial charge >= 0.3 is 6.09 Å². The van der Waals surface area contributed by atoms with Gasteiger partial charge in [0.25, 0.3) is 0 Å². The number of nitrogens with one attached hydrogen (secondary N) is 1. The average Bonchev–Trinajstić information content (AvgIpc) is 3.13. The lowest BCUT2D eigenvalue weighted by molar-refractivity contribution is 0.146. The highest BCUT2D eigenvalue weighted by molar-refractivity contribution is 5.83. The van der Waals surface area contributed by atoms with Crippen LogP contribution >= 0.6 is 0 Å². The Morgan fingerprint density at radius 1 is 1.50 bits per heavy atom. The molecule has 2 unspecified atom stereocenters. The van der Waals surface area contributed by atoms with E-state index in [1.54, 1.807) is 0 Å². The molecular weight excluding hydrogens is 302 g/mol. The van der Waals surface area contributed by atoms with E-state index in [0.717, 1.165) is 35.0 Å². The fraction of sp³-hybridized carbons (Fsp3) is 0.368. The number of nitriles is 1. The van der Waals surface area contributed by atoms with Crippen molar-refractivity contribution in [1.82, 2.24) is 9.88 Å². The Morgan fingerprint density at radius 2 is 2.33 bits per heavy atom. The van der Waals surface area contributed by atoms with Crippen molar-refractivity contribution in [2.24, 2.45) is 5.92 Å². The first-order chi connectivity index (χ1) is 11.6. The molecule has 124 valence electrons. The van der Waals surface area contributed by atoms with Crippen molar-refractivity contribution in [3.63, 3.8) is 0 Å². The van der Waals surface area contributed by atoms with E-state index < -0.39 is 6.09 Å². The van der Waals surface area contributed by atoms with E-state index in [1.165, 1.54) is 4.90 Å². The second-order valence-electron chi connectivity index (χ2n) is 6.51. The zero-order valence-electron chi connectivity index (χ0n) is 13.7. The molecule has 0 spiro atoms. The molecule has 1 fully saturated rings. The number of likely N-dealkylation sites (tertiary alicyclic amines) is 1. The summed E-state index contributed by atoms with van der Waals surface area (Å²) in [6.45, 7) is 2.68. The summed E-state index contributed by atoms with van der Waals surface area (Å²) in [7, 11) is 0. The molecule has 1 amide bonds. The molecule has 24 heavy (non-hydrogen) atoms. The number of aryl methyl sites for hydroxylation is 1. The minimum atomic E-state index is -0.854. The summed E-state index contributed by atoms with van der Waals surface area (Å²) in [6, 6.07) is 10.3. The Bertz CT molecular complexity index is 816. The standard InChI is InChI=1S/C19H21N3O2/c1-13-9-17(22(12-13)19(23)24)7-6-16-11-15-5-4-14(3-2-8-20)10-18(15)21-16/h4-7,10-11,13,17,21H,2-3,9,12H2,1H3,(H,23,24). The van der Waals surface area contributed by atoms with Crippen molar-refractivity contribution >= 4 is 23.1 Å². The summed E-state index contributed by atoms with van der Waals surface area (Å²) in [5.74, 6) is 0.390. The van der Waals surface area contributed by atoms with Gasteiger partial charge < -0.3 is 15.0 Å². The van der Waals surface area contributed by atoms with Gasteiger partial charge in [0.15, 0.2) is 0 Å². The third-order valence-electron chi connectivity index (χ3n) is 4.53. The van der Waals surface area contributed by atoms with Gasteiger partial charge in [-0.25, -0.2) is 4.79 Å². The van der Waals surface area contributed by atoms with Crippen LogP contribution in [0.3, 0.4) is 0 Å². The number of amides is 1. The Hall–Kier alpha value is -2.74. The number of H-pyrrole nitrogens is 1. The second-order valence-corrected chi connectivity index (χ2v) is 6.51. The van der Waals surface area contributed by atoms with E-state index in [9.17, 15) is 9.90 Å². The number of nitrogens with zero attached hydrogens (tertiary/aromatic N) is 2.